The van der Waals surface area contributed by atoms with Crippen molar-refractivity contribution in [2.75, 3.05) is 6.73 Å². The third-order valence-electron chi connectivity index (χ3n) is 4.36. The van der Waals surface area contributed by atoms with E-state index in [0.717, 1.165) is 16.0 Å². The Hall–Kier alpha value is -3.35. The summed E-state index contributed by atoms with van der Waals surface area (Å²) >= 11 is 0. The highest BCUT2D eigenvalue weighted by molar-refractivity contribution is 5.89. The Bertz CT molecular complexity index is 808. The van der Waals surface area contributed by atoms with Gasteiger partial charge in [-0.25, -0.2) is 9.59 Å². The number of ether oxygens (including phenoxy) is 2. The van der Waals surface area contributed by atoms with Gasteiger partial charge in [-0.1, -0.05) is 60.7 Å². The second-order valence-electron chi connectivity index (χ2n) is 6.18. The number of carbonyl (C=O) groups is 3. The lowest BCUT2D eigenvalue weighted by Crippen LogP contribution is -2.46. The zero-order valence-electron chi connectivity index (χ0n) is 14.5. The molecule has 2 atom stereocenters. The number of esters is 1. The summed E-state index contributed by atoms with van der Waals surface area (Å²) in [6, 6.07) is 16.8. The molecule has 1 fully saturated rings. The molecule has 1 amide bonds. The van der Waals surface area contributed by atoms with Crippen LogP contribution in [0.5, 0.6) is 0 Å². The van der Waals surface area contributed by atoms with E-state index in [9.17, 15) is 19.5 Å². The molecule has 1 N–H and O–H groups in total. The smallest absolute Gasteiger partial charge is 0.413 e. The van der Waals surface area contributed by atoms with E-state index in [2.05, 4.69) is 0 Å². The van der Waals surface area contributed by atoms with Crippen LogP contribution in [0.15, 0.2) is 60.7 Å². The molecule has 0 spiro atoms. The summed E-state index contributed by atoms with van der Waals surface area (Å²) < 4.78 is 10.2. The maximum atomic E-state index is 12.4. The Morgan fingerprint density at radius 1 is 1.07 bits per heavy atom. The summed E-state index contributed by atoms with van der Waals surface area (Å²) in [6.07, 6.45) is -0.688. The molecule has 0 bridgehead atoms. The van der Waals surface area contributed by atoms with Crippen LogP contribution in [0.3, 0.4) is 0 Å². The van der Waals surface area contributed by atoms with Crippen molar-refractivity contribution in [3.8, 4) is 0 Å². The highest BCUT2D eigenvalue weighted by atomic mass is 16.6. The Balaban J connectivity index is 1.73. The standard InChI is InChI=1S/C20H19NO6/c22-18(23)16(11-14-7-3-1-4-8-14)17-19(24)27-13-21(17)20(25)26-12-15-9-5-2-6-10-15/h1-10,16-17H,11-13H2,(H,22,23)/t16?,17-/m0/s1. The lowest BCUT2D eigenvalue weighted by atomic mass is 9.92. The van der Waals surface area contributed by atoms with E-state index in [-0.39, 0.29) is 19.8 Å². The average Bonchev–Trinajstić information content (AvgIpc) is 3.07. The van der Waals surface area contributed by atoms with E-state index in [1.807, 2.05) is 24.3 Å². The van der Waals surface area contributed by atoms with Gasteiger partial charge in [0.2, 0.25) is 0 Å². The van der Waals surface area contributed by atoms with E-state index in [1.54, 1.807) is 36.4 Å². The third kappa shape index (κ3) is 4.44. The zero-order valence-corrected chi connectivity index (χ0v) is 14.5. The van der Waals surface area contributed by atoms with Gasteiger partial charge in [-0.3, -0.25) is 9.69 Å². The van der Waals surface area contributed by atoms with Gasteiger partial charge < -0.3 is 14.6 Å². The van der Waals surface area contributed by atoms with Crippen molar-refractivity contribution in [3.05, 3.63) is 71.8 Å². The minimum atomic E-state index is -1.23. The molecule has 3 rings (SSSR count). The summed E-state index contributed by atoms with van der Waals surface area (Å²) in [5.74, 6) is -3.05. The minimum Gasteiger partial charge on any atom is -0.481 e. The largest absolute Gasteiger partial charge is 0.481 e. The molecular weight excluding hydrogens is 350 g/mol. The van der Waals surface area contributed by atoms with Crippen molar-refractivity contribution in [2.24, 2.45) is 5.92 Å². The first-order valence-corrected chi connectivity index (χ1v) is 8.47. The molecule has 7 nitrogen and oxygen atoms in total. The van der Waals surface area contributed by atoms with Crippen molar-refractivity contribution >= 4 is 18.0 Å². The van der Waals surface area contributed by atoms with E-state index in [0.29, 0.717) is 0 Å². The van der Waals surface area contributed by atoms with Gasteiger partial charge in [0.1, 0.15) is 12.6 Å². The van der Waals surface area contributed by atoms with Crippen LogP contribution in [0.25, 0.3) is 0 Å². The van der Waals surface area contributed by atoms with Gasteiger partial charge >= 0.3 is 18.0 Å². The fourth-order valence-electron chi connectivity index (χ4n) is 2.98. The molecule has 1 unspecified atom stereocenters. The van der Waals surface area contributed by atoms with Crippen molar-refractivity contribution in [1.29, 1.82) is 0 Å². The van der Waals surface area contributed by atoms with Crippen LogP contribution in [0.4, 0.5) is 4.79 Å². The molecule has 1 aliphatic heterocycles. The van der Waals surface area contributed by atoms with E-state index >= 15 is 0 Å². The minimum absolute atomic E-state index is 0.0213. The molecular formula is C20H19NO6. The van der Waals surface area contributed by atoms with Crippen LogP contribution >= 0.6 is 0 Å². The summed E-state index contributed by atoms with van der Waals surface area (Å²) in [6.45, 7) is -0.302. The molecule has 0 radical (unpaired) electrons. The van der Waals surface area contributed by atoms with Crippen molar-refractivity contribution in [3.63, 3.8) is 0 Å². The highest BCUT2D eigenvalue weighted by Crippen LogP contribution is 2.24. The second-order valence-corrected chi connectivity index (χ2v) is 6.18. The van der Waals surface area contributed by atoms with Crippen LogP contribution in [0, 0.1) is 5.92 Å². The molecule has 1 aliphatic rings. The molecule has 2 aromatic rings. The van der Waals surface area contributed by atoms with Crippen LogP contribution in [-0.2, 0) is 32.1 Å². The average molecular weight is 369 g/mol. The SMILES string of the molecule is O=C(O)C(Cc1ccccc1)[C@H]1C(=O)OCN1C(=O)OCc1ccccc1. The Morgan fingerprint density at radius 2 is 1.67 bits per heavy atom. The van der Waals surface area contributed by atoms with Crippen molar-refractivity contribution in [2.45, 2.75) is 19.1 Å². The molecule has 2 aromatic carbocycles. The number of carbonyl (C=O) groups excluding carboxylic acids is 2. The number of nitrogens with zero attached hydrogens (tertiary/aromatic N) is 1. The van der Waals surface area contributed by atoms with Crippen molar-refractivity contribution in [1.82, 2.24) is 4.90 Å². The van der Waals surface area contributed by atoms with Crippen LogP contribution in [0.2, 0.25) is 0 Å². The molecule has 0 aliphatic carbocycles. The van der Waals surface area contributed by atoms with E-state index in [1.165, 1.54) is 0 Å². The maximum absolute atomic E-state index is 12.4. The Morgan fingerprint density at radius 3 is 2.26 bits per heavy atom. The van der Waals surface area contributed by atoms with Gasteiger partial charge in [0, 0.05) is 0 Å². The molecule has 27 heavy (non-hydrogen) atoms. The first-order valence-electron chi connectivity index (χ1n) is 8.47. The number of hydrogen-bond donors (Lipinski definition) is 1. The first kappa shape index (κ1) is 18.4. The number of cyclic esters (lactones) is 1. The fourth-order valence-corrected chi connectivity index (χ4v) is 2.98. The zero-order chi connectivity index (χ0) is 19.2. The van der Waals surface area contributed by atoms with Crippen molar-refractivity contribution < 1.29 is 29.0 Å². The summed E-state index contributed by atoms with van der Waals surface area (Å²) in [5.41, 5.74) is 1.54. The molecule has 1 saturated heterocycles. The molecule has 140 valence electrons. The number of carboxylic acid groups (broad SMARTS) is 1. The Kier molecular flexibility index (Phi) is 5.71. The molecule has 7 heteroatoms. The maximum Gasteiger partial charge on any atom is 0.413 e. The summed E-state index contributed by atoms with van der Waals surface area (Å²) in [5, 5.41) is 9.63. The third-order valence-corrected chi connectivity index (χ3v) is 4.36. The predicted molar refractivity (Wildman–Crippen MR) is 94.5 cm³/mol. The Labute approximate surface area is 156 Å². The van der Waals surface area contributed by atoms with Crippen LogP contribution in [0.1, 0.15) is 11.1 Å². The lowest BCUT2D eigenvalue weighted by molar-refractivity contribution is -0.149. The molecule has 0 aromatic heterocycles. The summed E-state index contributed by atoms with van der Waals surface area (Å²) in [4.78, 5) is 37.4. The summed E-state index contributed by atoms with van der Waals surface area (Å²) in [7, 11) is 0. The van der Waals surface area contributed by atoms with Gasteiger partial charge in [0.25, 0.3) is 0 Å². The number of hydrogen-bond acceptors (Lipinski definition) is 5. The number of benzene rings is 2. The van der Waals surface area contributed by atoms with Gasteiger partial charge in [0.05, 0.1) is 5.92 Å². The number of carboxylic acids is 1. The normalized spacial score (nSPS) is 17.3. The van der Waals surface area contributed by atoms with Crippen LogP contribution in [-0.4, -0.2) is 40.8 Å². The number of rotatable bonds is 6. The molecule has 1 heterocycles. The lowest BCUT2D eigenvalue weighted by Gasteiger charge is -2.24. The monoisotopic (exact) mass is 369 g/mol. The van der Waals surface area contributed by atoms with Gasteiger partial charge in [-0.2, -0.15) is 0 Å². The topological polar surface area (TPSA) is 93.1 Å². The highest BCUT2D eigenvalue weighted by Gasteiger charge is 2.47. The quantitative estimate of drug-likeness (QED) is 0.786. The van der Waals surface area contributed by atoms with Crippen LogP contribution < -0.4 is 0 Å². The second kappa shape index (κ2) is 8.35. The number of amides is 1. The van der Waals surface area contributed by atoms with E-state index < -0.39 is 30.0 Å². The fraction of sp³-hybridized carbons (Fsp3) is 0.250. The van der Waals surface area contributed by atoms with Gasteiger partial charge in [-0.15, -0.1) is 0 Å². The number of aliphatic carboxylic acids is 1. The van der Waals surface area contributed by atoms with Gasteiger partial charge in [0.15, 0.2) is 6.73 Å². The van der Waals surface area contributed by atoms with Gasteiger partial charge in [-0.05, 0) is 17.5 Å². The first-order chi connectivity index (χ1) is 13.1. The molecule has 0 saturated carbocycles. The van der Waals surface area contributed by atoms with E-state index in [4.69, 9.17) is 9.47 Å². The predicted octanol–water partition coefficient (Wildman–Crippen LogP) is 2.45.